The van der Waals surface area contributed by atoms with Crippen molar-refractivity contribution in [3.05, 3.63) is 78.4 Å². The second-order valence-electron chi connectivity index (χ2n) is 7.62. The number of benzene rings is 3. The largest absolute Gasteiger partial charge is 0.431 e. The Hall–Kier alpha value is -3.34. The number of alkyl carbamates (subject to hydrolysis) is 1. The zero-order valence-electron chi connectivity index (χ0n) is 16.2. The number of fused-ring (bicyclic) bond motifs is 1. The van der Waals surface area contributed by atoms with Crippen LogP contribution >= 0.6 is 0 Å². The molecule has 3 rings (SSSR count). The molecule has 0 saturated carbocycles. The third-order valence-electron chi connectivity index (χ3n) is 4.06. The number of ether oxygens (including phenoxy) is 1. The first-order valence-electron chi connectivity index (χ1n) is 9.15. The van der Waals surface area contributed by atoms with Gasteiger partial charge in [-0.25, -0.2) is 4.79 Å². The molecule has 144 valence electrons. The molecule has 3 aromatic carbocycles. The van der Waals surface area contributed by atoms with Crippen LogP contribution in [0.2, 0.25) is 0 Å². The van der Waals surface area contributed by atoms with Gasteiger partial charge in [-0.05, 0) is 43.7 Å². The summed E-state index contributed by atoms with van der Waals surface area (Å²) in [5.74, 6) is -0.412. The summed E-state index contributed by atoms with van der Waals surface area (Å²) in [6.45, 7) is 5.54. The lowest BCUT2D eigenvalue weighted by atomic mass is 10.1. The Morgan fingerprint density at radius 3 is 2.18 bits per heavy atom. The van der Waals surface area contributed by atoms with E-state index in [-0.39, 0.29) is 0 Å². The highest BCUT2D eigenvalue weighted by molar-refractivity contribution is 5.98. The van der Waals surface area contributed by atoms with Crippen LogP contribution in [-0.2, 0) is 9.53 Å². The first-order valence-corrected chi connectivity index (χ1v) is 9.15. The van der Waals surface area contributed by atoms with Crippen molar-refractivity contribution in [2.24, 2.45) is 0 Å². The van der Waals surface area contributed by atoms with Crippen molar-refractivity contribution in [3.63, 3.8) is 0 Å². The van der Waals surface area contributed by atoms with Gasteiger partial charge in [0.15, 0.2) is 0 Å². The molecule has 0 fully saturated rings. The Bertz CT molecular complexity index is 978. The van der Waals surface area contributed by atoms with Crippen molar-refractivity contribution in [2.75, 3.05) is 5.32 Å². The van der Waals surface area contributed by atoms with E-state index in [4.69, 9.17) is 4.74 Å². The average Bonchev–Trinajstić information content (AvgIpc) is 2.65. The van der Waals surface area contributed by atoms with Gasteiger partial charge in [-0.3, -0.25) is 4.79 Å². The summed E-state index contributed by atoms with van der Waals surface area (Å²) in [5.41, 5.74) is 0.780. The average molecular weight is 376 g/mol. The fraction of sp³-hybridized carbons (Fsp3) is 0.217. The van der Waals surface area contributed by atoms with E-state index in [0.29, 0.717) is 11.3 Å². The second kappa shape index (κ2) is 8.13. The highest BCUT2D eigenvalue weighted by atomic mass is 16.6. The predicted molar refractivity (Wildman–Crippen MR) is 111 cm³/mol. The minimum absolute atomic E-state index is 0.412. The van der Waals surface area contributed by atoms with Gasteiger partial charge in [0.25, 0.3) is 5.91 Å². The molecule has 5 heteroatoms. The lowest BCUT2D eigenvalue weighted by Gasteiger charge is -2.23. The number of rotatable bonds is 4. The third-order valence-corrected chi connectivity index (χ3v) is 4.06. The van der Waals surface area contributed by atoms with E-state index in [1.807, 2.05) is 69.3 Å². The van der Waals surface area contributed by atoms with Crippen LogP contribution in [0.25, 0.3) is 10.8 Å². The lowest BCUT2D eigenvalue weighted by molar-refractivity contribution is -0.124. The maximum absolute atomic E-state index is 12.9. The SMILES string of the molecule is CC(C)(C)NC(=O)OC(C(=O)Nc1ccc2ccccc2c1)c1ccccc1. The monoisotopic (exact) mass is 376 g/mol. The molecule has 0 aliphatic heterocycles. The van der Waals surface area contributed by atoms with E-state index in [2.05, 4.69) is 10.6 Å². The molecule has 0 bridgehead atoms. The van der Waals surface area contributed by atoms with Gasteiger partial charge < -0.3 is 15.4 Å². The number of amides is 2. The van der Waals surface area contributed by atoms with E-state index in [1.54, 1.807) is 24.3 Å². The van der Waals surface area contributed by atoms with Crippen LogP contribution < -0.4 is 10.6 Å². The van der Waals surface area contributed by atoms with E-state index in [0.717, 1.165) is 10.8 Å². The standard InChI is InChI=1S/C23H24N2O3/c1-23(2,3)25-22(27)28-20(17-10-5-4-6-11-17)21(26)24-19-14-13-16-9-7-8-12-18(16)15-19/h4-15,20H,1-3H3,(H,24,26)(H,25,27). The molecule has 0 aliphatic rings. The molecule has 2 amide bonds. The summed E-state index contributed by atoms with van der Waals surface area (Å²) in [5, 5.41) is 7.68. The highest BCUT2D eigenvalue weighted by Gasteiger charge is 2.26. The molecular formula is C23H24N2O3. The minimum Gasteiger partial charge on any atom is -0.431 e. The molecule has 0 radical (unpaired) electrons. The van der Waals surface area contributed by atoms with Crippen molar-refractivity contribution in [1.29, 1.82) is 0 Å². The van der Waals surface area contributed by atoms with E-state index < -0.39 is 23.6 Å². The van der Waals surface area contributed by atoms with Gasteiger partial charge in [0.05, 0.1) is 0 Å². The van der Waals surface area contributed by atoms with Crippen molar-refractivity contribution < 1.29 is 14.3 Å². The smallest absolute Gasteiger partial charge is 0.408 e. The van der Waals surface area contributed by atoms with Gasteiger partial charge in [0, 0.05) is 16.8 Å². The van der Waals surface area contributed by atoms with Gasteiger partial charge in [-0.15, -0.1) is 0 Å². The highest BCUT2D eigenvalue weighted by Crippen LogP contribution is 2.23. The molecule has 0 aromatic heterocycles. The van der Waals surface area contributed by atoms with E-state index >= 15 is 0 Å². The molecule has 0 heterocycles. The molecule has 1 unspecified atom stereocenters. The van der Waals surface area contributed by atoms with Crippen molar-refractivity contribution in [3.8, 4) is 0 Å². The second-order valence-corrected chi connectivity index (χ2v) is 7.62. The number of carbonyl (C=O) groups excluding carboxylic acids is 2. The third kappa shape index (κ3) is 5.10. The fourth-order valence-electron chi connectivity index (χ4n) is 2.82. The molecule has 3 aromatic rings. The Kier molecular flexibility index (Phi) is 5.64. The molecule has 2 N–H and O–H groups in total. The Morgan fingerprint density at radius 2 is 1.50 bits per heavy atom. The van der Waals surface area contributed by atoms with Crippen LogP contribution in [0.15, 0.2) is 72.8 Å². The van der Waals surface area contributed by atoms with Gasteiger partial charge >= 0.3 is 6.09 Å². The van der Waals surface area contributed by atoms with Crippen molar-refractivity contribution in [2.45, 2.75) is 32.4 Å². The fourth-order valence-corrected chi connectivity index (χ4v) is 2.82. The van der Waals surface area contributed by atoms with Gasteiger partial charge in [-0.2, -0.15) is 0 Å². The molecule has 0 spiro atoms. The van der Waals surface area contributed by atoms with Gasteiger partial charge in [0.1, 0.15) is 0 Å². The van der Waals surface area contributed by atoms with Crippen LogP contribution in [0.5, 0.6) is 0 Å². The van der Waals surface area contributed by atoms with E-state index in [1.165, 1.54) is 0 Å². The summed E-state index contributed by atoms with van der Waals surface area (Å²) in [4.78, 5) is 25.2. The van der Waals surface area contributed by atoms with Crippen LogP contribution in [-0.4, -0.2) is 17.5 Å². The molecule has 0 saturated heterocycles. The number of nitrogens with one attached hydrogen (secondary N) is 2. The maximum Gasteiger partial charge on any atom is 0.408 e. The molecule has 28 heavy (non-hydrogen) atoms. The first-order chi connectivity index (χ1) is 13.3. The number of hydrogen-bond donors (Lipinski definition) is 2. The van der Waals surface area contributed by atoms with Crippen LogP contribution in [0.3, 0.4) is 0 Å². The first kappa shape index (κ1) is 19.4. The minimum atomic E-state index is -1.06. The van der Waals surface area contributed by atoms with Crippen LogP contribution in [0, 0.1) is 0 Å². The maximum atomic E-state index is 12.9. The summed E-state index contributed by atoms with van der Waals surface area (Å²) < 4.78 is 5.47. The number of hydrogen-bond acceptors (Lipinski definition) is 3. The summed E-state index contributed by atoms with van der Waals surface area (Å²) in [6.07, 6.45) is -1.70. The normalized spacial score (nSPS) is 12.2. The van der Waals surface area contributed by atoms with Gasteiger partial charge in [0.2, 0.25) is 6.10 Å². The topological polar surface area (TPSA) is 67.4 Å². The zero-order chi connectivity index (χ0) is 20.1. The molecule has 5 nitrogen and oxygen atoms in total. The van der Waals surface area contributed by atoms with E-state index in [9.17, 15) is 9.59 Å². The summed E-state index contributed by atoms with van der Waals surface area (Å²) in [7, 11) is 0. The number of carbonyl (C=O) groups is 2. The van der Waals surface area contributed by atoms with Crippen LogP contribution in [0.1, 0.15) is 32.4 Å². The van der Waals surface area contributed by atoms with Crippen molar-refractivity contribution in [1.82, 2.24) is 5.32 Å². The zero-order valence-corrected chi connectivity index (χ0v) is 16.2. The van der Waals surface area contributed by atoms with Crippen molar-refractivity contribution >= 4 is 28.5 Å². The quantitative estimate of drug-likeness (QED) is 0.670. The lowest BCUT2D eigenvalue weighted by Crippen LogP contribution is -2.42. The van der Waals surface area contributed by atoms with Crippen LogP contribution in [0.4, 0.5) is 10.5 Å². The molecule has 0 aliphatic carbocycles. The Balaban J connectivity index is 1.82. The Morgan fingerprint density at radius 1 is 0.857 bits per heavy atom. The van der Waals surface area contributed by atoms with Gasteiger partial charge in [-0.1, -0.05) is 60.7 Å². The number of anilines is 1. The molecular weight excluding hydrogens is 352 g/mol. The summed E-state index contributed by atoms with van der Waals surface area (Å²) in [6, 6.07) is 22.5. The summed E-state index contributed by atoms with van der Waals surface area (Å²) >= 11 is 0. The molecule has 1 atom stereocenters. The predicted octanol–water partition coefficient (Wildman–Crippen LogP) is 5.04. The Labute approximate surface area is 164 Å².